The molecule has 4 rings (SSSR count). The van der Waals surface area contributed by atoms with Crippen LogP contribution in [0.1, 0.15) is 25.3 Å². The van der Waals surface area contributed by atoms with E-state index in [1.165, 1.54) is 18.6 Å². The molecule has 1 saturated heterocycles. The van der Waals surface area contributed by atoms with Crippen LogP contribution < -0.4 is 4.90 Å². The Morgan fingerprint density at radius 2 is 2.04 bits per heavy atom. The normalized spacial score (nSPS) is 22.1. The van der Waals surface area contributed by atoms with Crippen molar-refractivity contribution in [2.24, 2.45) is 10.9 Å². The fourth-order valence-electron chi connectivity index (χ4n) is 3.80. The van der Waals surface area contributed by atoms with Crippen molar-refractivity contribution in [1.82, 2.24) is 4.90 Å². The van der Waals surface area contributed by atoms with Crippen molar-refractivity contribution in [2.45, 2.75) is 19.8 Å². The van der Waals surface area contributed by atoms with Gasteiger partial charge >= 0.3 is 0 Å². The molecule has 2 aromatic carbocycles. The minimum absolute atomic E-state index is 0.117. The number of aliphatic imine (C=N–C) groups is 1. The first-order valence-corrected chi connectivity index (χ1v) is 9.10. The highest BCUT2D eigenvalue weighted by atomic mass is 19.1. The van der Waals surface area contributed by atoms with E-state index in [1.807, 2.05) is 24.3 Å². The van der Waals surface area contributed by atoms with Gasteiger partial charge in [0.25, 0.3) is 5.91 Å². The first-order valence-electron chi connectivity index (χ1n) is 9.10. The Balaban J connectivity index is 1.66. The number of hydrogen-bond donors (Lipinski definition) is 0. The molecule has 1 unspecified atom stereocenters. The van der Waals surface area contributed by atoms with Crippen molar-refractivity contribution in [3.8, 4) is 0 Å². The molecule has 4 nitrogen and oxygen atoms in total. The number of piperidine rings is 1. The van der Waals surface area contributed by atoms with Gasteiger partial charge in [-0.25, -0.2) is 9.38 Å². The molecule has 0 aliphatic carbocycles. The molecular weight excluding hydrogens is 329 g/mol. The maximum Gasteiger partial charge on any atom is 0.278 e. The summed E-state index contributed by atoms with van der Waals surface area (Å²) in [5.74, 6) is 0.176. The Morgan fingerprint density at radius 1 is 1.19 bits per heavy atom. The van der Waals surface area contributed by atoms with Crippen LogP contribution in [0.4, 0.5) is 15.8 Å². The number of anilines is 1. The summed E-state index contributed by atoms with van der Waals surface area (Å²) in [6.07, 6.45) is 2.41. The fraction of sp³-hybridized carbons (Fsp3) is 0.333. The van der Waals surface area contributed by atoms with Crippen molar-refractivity contribution < 1.29 is 9.18 Å². The van der Waals surface area contributed by atoms with E-state index in [0.717, 1.165) is 30.8 Å². The fourth-order valence-corrected chi connectivity index (χ4v) is 3.80. The number of rotatable bonds is 3. The van der Waals surface area contributed by atoms with Gasteiger partial charge in [-0.1, -0.05) is 31.2 Å². The first kappa shape index (κ1) is 16.9. The quantitative estimate of drug-likeness (QED) is 0.838. The standard InChI is InChI=1S/C21H22FN3O/c1-15-6-5-11-24(13-15)14-25-19-10-3-2-9-18(19)20(21(25)26)23-17-8-4-7-16(22)12-17/h2-4,7-10,12,15H,5-6,11,13-14H2,1H3. The van der Waals surface area contributed by atoms with Gasteiger partial charge in [0.15, 0.2) is 0 Å². The topological polar surface area (TPSA) is 35.9 Å². The highest BCUT2D eigenvalue weighted by Gasteiger charge is 2.35. The van der Waals surface area contributed by atoms with Crippen molar-refractivity contribution in [3.63, 3.8) is 0 Å². The second-order valence-electron chi connectivity index (χ2n) is 7.16. The lowest BCUT2D eigenvalue weighted by Gasteiger charge is -2.33. The molecule has 0 aromatic heterocycles. The Bertz CT molecular complexity index is 864. The van der Waals surface area contributed by atoms with E-state index in [9.17, 15) is 9.18 Å². The van der Waals surface area contributed by atoms with Gasteiger partial charge in [0.05, 0.1) is 18.0 Å². The van der Waals surface area contributed by atoms with Gasteiger partial charge in [0.2, 0.25) is 0 Å². The average molecular weight is 351 g/mol. The molecule has 2 aliphatic rings. The van der Waals surface area contributed by atoms with E-state index < -0.39 is 0 Å². The Hall–Kier alpha value is -2.53. The Kier molecular flexibility index (Phi) is 4.55. The van der Waals surface area contributed by atoms with Gasteiger partial charge in [-0.3, -0.25) is 14.6 Å². The van der Waals surface area contributed by atoms with E-state index in [1.54, 1.807) is 17.0 Å². The minimum Gasteiger partial charge on any atom is -0.293 e. The highest BCUT2D eigenvalue weighted by molar-refractivity contribution is 6.54. The largest absolute Gasteiger partial charge is 0.293 e. The van der Waals surface area contributed by atoms with Gasteiger partial charge in [0.1, 0.15) is 11.5 Å². The summed E-state index contributed by atoms with van der Waals surface area (Å²) in [6, 6.07) is 13.7. The summed E-state index contributed by atoms with van der Waals surface area (Å²) in [5, 5.41) is 0. The summed E-state index contributed by atoms with van der Waals surface area (Å²) in [7, 11) is 0. The molecule has 134 valence electrons. The second-order valence-corrected chi connectivity index (χ2v) is 7.16. The molecule has 5 heteroatoms. The van der Waals surface area contributed by atoms with Crippen molar-refractivity contribution in [2.75, 3.05) is 24.7 Å². The molecule has 1 amide bonds. The molecular formula is C21H22FN3O. The zero-order valence-corrected chi connectivity index (χ0v) is 14.9. The number of para-hydroxylation sites is 1. The third-order valence-corrected chi connectivity index (χ3v) is 5.03. The van der Waals surface area contributed by atoms with Gasteiger partial charge in [-0.2, -0.15) is 0 Å². The third-order valence-electron chi connectivity index (χ3n) is 5.03. The van der Waals surface area contributed by atoms with Crippen molar-refractivity contribution >= 4 is 23.0 Å². The first-order chi connectivity index (χ1) is 12.6. The average Bonchev–Trinajstić information content (AvgIpc) is 2.88. The molecule has 2 aliphatic heterocycles. The summed E-state index contributed by atoms with van der Waals surface area (Å²) in [5.41, 5.74) is 2.53. The molecule has 0 spiro atoms. The van der Waals surface area contributed by atoms with Crippen LogP contribution in [0.15, 0.2) is 53.5 Å². The van der Waals surface area contributed by atoms with Gasteiger partial charge in [-0.15, -0.1) is 0 Å². The van der Waals surface area contributed by atoms with Gasteiger partial charge in [-0.05, 0) is 49.6 Å². The number of nitrogens with zero attached hydrogens (tertiary/aromatic N) is 3. The Morgan fingerprint density at radius 3 is 2.85 bits per heavy atom. The lowest BCUT2D eigenvalue weighted by Crippen LogP contribution is -2.45. The Labute approximate surface area is 153 Å². The van der Waals surface area contributed by atoms with Crippen molar-refractivity contribution in [1.29, 1.82) is 0 Å². The van der Waals surface area contributed by atoms with Crippen LogP contribution in [0, 0.1) is 11.7 Å². The molecule has 1 fully saturated rings. The smallest absolute Gasteiger partial charge is 0.278 e. The summed E-state index contributed by atoms with van der Waals surface area (Å²) in [6.45, 7) is 4.83. The van der Waals surface area contributed by atoms with Crippen LogP contribution in [-0.4, -0.2) is 36.3 Å². The van der Waals surface area contributed by atoms with Crippen LogP contribution in [0.5, 0.6) is 0 Å². The summed E-state index contributed by atoms with van der Waals surface area (Å²) >= 11 is 0. The van der Waals surface area contributed by atoms with E-state index in [4.69, 9.17) is 0 Å². The predicted molar refractivity (Wildman–Crippen MR) is 101 cm³/mol. The van der Waals surface area contributed by atoms with Crippen LogP contribution in [-0.2, 0) is 4.79 Å². The number of carbonyl (C=O) groups excluding carboxylic acids is 1. The number of benzene rings is 2. The zero-order chi connectivity index (χ0) is 18.1. The second kappa shape index (κ2) is 7.00. The summed E-state index contributed by atoms with van der Waals surface area (Å²) in [4.78, 5) is 21.7. The van der Waals surface area contributed by atoms with E-state index in [0.29, 0.717) is 24.0 Å². The molecule has 1 atom stereocenters. The van der Waals surface area contributed by atoms with Gasteiger partial charge in [0, 0.05) is 12.1 Å². The van der Waals surface area contributed by atoms with E-state index >= 15 is 0 Å². The number of hydrogen-bond acceptors (Lipinski definition) is 3. The maximum absolute atomic E-state index is 13.5. The predicted octanol–water partition coefficient (Wildman–Crippen LogP) is 3.98. The number of fused-ring (bicyclic) bond motifs is 1. The van der Waals surface area contributed by atoms with E-state index in [2.05, 4.69) is 16.8 Å². The third kappa shape index (κ3) is 3.27. The number of amides is 1. The van der Waals surface area contributed by atoms with Crippen LogP contribution in [0.25, 0.3) is 0 Å². The SMILES string of the molecule is CC1CCCN(CN2C(=O)C(=Nc3cccc(F)c3)c3ccccc32)C1. The van der Waals surface area contributed by atoms with Crippen LogP contribution in [0.3, 0.4) is 0 Å². The number of likely N-dealkylation sites (tertiary alicyclic amines) is 1. The molecule has 26 heavy (non-hydrogen) atoms. The highest BCUT2D eigenvalue weighted by Crippen LogP contribution is 2.31. The maximum atomic E-state index is 13.5. The van der Waals surface area contributed by atoms with E-state index in [-0.39, 0.29) is 11.7 Å². The molecule has 2 heterocycles. The molecule has 0 bridgehead atoms. The minimum atomic E-state index is -0.357. The zero-order valence-electron chi connectivity index (χ0n) is 14.9. The van der Waals surface area contributed by atoms with Gasteiger partial charge < -0.3 is 0 Å². The molecule has 0 radical (unpaired) electrons. The molecule has 0 N–H and O–H groups in total. The lowest BCUT2D eigenvalue weighted by molar-refractivity contribution is -0.112. The van der Waals surface area contributed by atoms with Crippen molar-refractivity contribution in [3.05, 3.63) is 59.9 Å². The number of halogens is 1. The summed E-state index contributed by atoms with van der Waals surface area (Å²) < 4.78 is 13.5. The van der Waals surface area contributed by atoms with Crippen LogP contribution >= 0.6 is 0 Å². The lowest BCUT2D eigenvalue weighted by atomic mass is 10.0. The number of carbonyl (C=O) groups is 1. The monoisotopic (exact) mass is 351 g/mol. The van der Waals surface area contributed by atoms with Crippen LogP contribution in [0.2, 0.25) is 0 Å². The molecule has 2 aromatic rings. The molecule has 0 saturated carbocycles.